The molecule has 5 nitrogen and oxygen atoms in total. The molecule has 0 radical (unpaired) electrons. The van der Waals surface area contributed by atoms with Crippen LogP contribution in [-0.2, 0) is 0 Å². The molecular weight excluding hydrogens is 310 g/mol. The zero-order valence-electron chi connectivity index (χ0n) is 13.2. The highest BCUT2D eigenvalue weighted by molar-refractivity contribution is 7.13. The number of nitrogens with one attached hydrogen (secondary N) is 1. The summed E-state index contributed by atoms with van der Waals surface area (Å²) in [5.41, 5.74) is 2.85. The highest BCUT2D eigenvalue weighted by Crippen LogP contribution is 2.25. The van der Waals surface area contributed by atoms with Crippen LogP contribution in [0.2, 0.25) is 0 Å². The first-order valence-electron chi connectivity index (χ1n) is 7.85. The third kappa shape index (κ3) is 3.89. The fraction of sp³-hybridized carbons (Fsp3) is 0.412. The Balaban J connectivity index is 1.62. The van der Waals surface area contributed by atoms with Crippen molar-refractivity contribution in [2.45, 2.75) is 19.8 Å². The Kier molecular flexibility index (Phi) is 4.93. The third-order valence-corrected chi connectivity index (χ3v) is 5.08. The minimum Gasteiger partial charge on any atom is -0.396 e. The van der Waals surface area contributed by atoms with E-state index < -0.39 is 0 Å². The van der Waals surface area contributed by atoms with Crippen LogP contribution in [0.4, 0.5) is 10.5 Å². The van der Waals surface area contributed by atoms with E-state index in [-0.39, 0.29) is 18.6 Å². The molecule has 2 N–H and O–H groups in total. The number of aromatic nitrogens is 1. The number of aliphatic hydroxyl groups excluding tert-OH is 1. The van der Waals surface area contributed by atoms with Gasteiger partial charge in [-0.15, -0.1) is 11.3 Å². The van der Waals surface area contributed by atoms with Gasteiger partial charge in [-0.3, -0.25) is 0 Å². The lowest BCUT2D eigenvalue weighted by Gasteiger charge is -2.31. The standard InChI is InChI=1S/C17H21N3O2S/c1-12-11-23-16(18-12)14-4-6-15(7-5-14)19-17(22)20-8-2-3-13(9-20)10-21/h4-7,11,13,21H,2-3,8-10H2,1H3,(H,19,22). The maximum atomic E-state index is 12.3. The molecule has 122 valence electrons. The van der Waals surface area contributed by atoms with Crippen molar-refractivity contribution in [1.29, 1.82) is 0 Å². The molecule has 0 bridgehead atoms. The summed E-state index contributed by atoms with van der Waals surface area (Å²) in [6.45, 7) is 3.50. The number of hydrogen-bond donors (Lipinski definition) is 2. The number of nitrogens with zero attached hydrogens (tertiary/aromatic N) is 2. The van der Waals surface area contributed by atoms with Gasteiger partial charge in [-0.1, -0.05) is 0 Å². The van der Waals surface area contributed by atoms with Crippen molar-refractivity contribution in [2.24, 2.45) is 5.92 Å². The van der Waals surface area contributed by atoms with E-state index >= 15 is 0 Å². The van der Waals surface area contributed by atoms with Crippen molar-refractivity contribution in [3.8, 4) is 10.6 Å². The summed E-state index contributed by atoms with van der Waals surface area (Å²) in [6, 6.07) is 7.65. The van der Waals surface area contributed by atoms with Crippen LogP contribution >= 0.6 is 11.3 Å². The van der Waals surface area contributed by atoms with Gasteiger partial charge in [0.2, 0.25) is 0 Å². The molecule has 1 aromatic heterocycles. The molecule has 6 heteroatoms. The molecule has 0 aliphatic carbocycles. The van der Waals surface area contributed by atoms with Gasteiger partial charge in [0.1, 0.15) is 5.01 Å². The number of likely N-dealkylation sites (tertiary alicyclic amines) is 1. The van der Waals surface area contributed by atoms with Gasteiger partial charge >= 0.3 is 6.03 Å². The van der Waals surface area contributed by atoms with Crippen LogP contribution in [0.5, 0.6) is 0 Å². The summed E-state index contributed by atoms with van der Waals surface area (Å²) in [5, 5.41) is 15.2. The van der Waals surface area contributed by atoms with Crippen molar-refractivity contribution in [1.82, 2.24) is 9.88 Å². The molecule has 2 aromatic rings. The highest BCUT2D eigenvalue weighted by atomic mass is 32.1. The number of benzene rings is 1. The van der Waals surface area contributed by atoms with Gasteiger partial charge in [-0.25, -0.2) is 9.78 Å². The maximum Gasteiger partial charge on any atom is 0.321 e. The van der Waals surface area contributed by atoms with Crippen LogP contribution < -0.4 is 5.32 Å². The van der Waals surface area contributed by atoms with E-state index in [1.807, 2.05) is 36.6 Å². The van der Waals surface area contributed by atoms with Gasteiger partial charge in [0, 0.05) is 42.0 Å². The van der Waals surface area contributed by atoms with E-state index in [0.29, 0.717) is 6.54 Å². The fourth-order valence-corrected chi connectivity index (χ4v) is 3.59. The normalized spacial score (nSPS) is 18.0. The number of hydrogen-bond acceptors (Lipinski definition) is 4. The Labute approximate surface area is 140 Å². The lowest BCUT2D eigenvalue weighted by atomic mass is 9.99. The molecule has 2 heterocycles. The van der Waals surface area contributed by atoms with Crippen LogP contribution in [0.3, 0.4) is 0 Å². The summed E-state index contributed by atoms with van der Waals surface area (Å²) in [4.78, 5) is 18.6. The minimum absolute atomic E-state index is 0.0963. The molecule has 23 heavy (non-hydrogen) atoms. The first-order valence-corrected chi connectivity index (χ1v) is 8.73. The van der Waals surface area contributed by atoms with Crippen molar-refractivity contribution in [3.05, 3.63) is 35.3 Å². The number of carbonyl (C=O) groups is 1. The number of anilines is 1. The lowest BCUT2D eigenvalue weighted by molar-refractivity contribution is 0.136. The Morgan fingerprint density at radius 2 is 2.22 bits per heavy atom. The van der Waals surface area contributed by atoms with E-state index in [2.05, 4.69) is 10.3 Å². The number of thiazole rings is 1. The van der Waals surface area contributed by atoms with Crippen LogP contribution in [0.15, 0.2) is 29.6 Å². The predicted molar refractivity (Wildman–Crippen MR) is 92.7 cm³/mol. The first-order chi connectivity index (χ1) is 11.2. The van der Waals surface area contributed by atoms with E-state index in [0.717, 1.165) is 41.3 Å². The first kappa shape index (κ1) is 16.0. The van der Waals surface area contributed by atoms with Gasteiger partial charge in [0.25, 0.3) is 0 Å². The van der Waals surface area contributed by atoms with Crippen LogP contribution in [0, 0.1) is 12.8 Å². The van der Waals surface area contributed by atoms with E-state index in [4.69, 9.17) is 0 Å². The van der Waals surface area contributed by atoms with Crippen LogP contribution in [0.25, 0.3) is 10.6 Å². The average Bonchev–Trinajstić information content (AvgIpc) is 3.02. The highest BCUT2D eigenvalue weighted by Gasteiger charge is 2.23. The number of piperidine rings is 1. The smallest absolute Gasteiger partial charge is 0.321 e. The number of urea groups is 1. The minimum atomic E-state index is -0.0963. The number of rotatable bonds is 3. The molecule has 1 aromatic carbocycles. The van der Waals surface area contributed by atoms with E-state index in [1.165, 1.54) is 0 Å². The van der Waals surface area contributed by atoms with Gasteiger partial charge in [-0.05, 0) is 49.9 Å². The van der Waals surface area contributed by atoms with Crippen molar-refractivity contribution in [2.75, 3.05) is 25.0 Å². The maximum absolute atomic E-state index is 12.3. The number of aliphatic hydroxyl groups is 1. The Hall–Kier alpha value is -1.92. The van der Waals surface area contributed by atoms with Crippen LogP contribution in [-0.4, -0.2) is 40.7 Å². The van der Waals surface area contributed by atoms with Crippen molar-refractivity contribution >= 4 is 23.1 Å². The second-order valence-corrected chi connectivity index (χ2v) is 6.80. The SMILES string of the molecule is Cc1csc(-c2ccc(NC(=O)N3CCCC(CO)C3)cc2)n1. The molecule has 1 aliphatic heterocycles. The van der Waals surface area contributed by atoms with Gasteiger partial charge in [0.05, 0.1) is 0 Å². The molecule has 1 fully saturated rings. The van der Waals surface area contributed by atoms with Gasteiger partial charge in [0.15, 0.2) is 0 Å². The fourth-order valence-electron chi connectivity index (χ4n) is 2.78. The number of aryl methyl sites for hydroxylation is 1. The quantitative estimate of drug-likeness (QED) is 0.906. The summed E-state index contributed by atoms with van der Waals surface area (Å²) < 4.78 is 0. The van der Waals surface area contributed by atoms with Gasteiger partial charge < -0.3 is 15.3 Å². The molecule has 1 atom stereocenters. The summed E-state index contributed by atoms with van der Waals surface area (Å²) >= 11 is 1.62. The molecular formula is C17H21N3O2S. The van der Waals surface area contributed by atoms with Crippen molar-refractivity contribution in [3.63, 3.8) is 0 Å². The lowest BCUT2D eigenvalue weighted by Crippen LogP contribution is -2.43. The van der Waals surface area contributed by atoms with Crippen molar-refractivity contribution < 1.29 is 9.90 Å². The second kappa shape index (κ2) is 7.10. The summed E-state index contributed by atoms with van der Waals surface area (Å²) in [6.07, 6.45) is 1.93. The molecule has 1 aliphatic rings. The molecule has 1 unspecified atom stereocenters. The largest absolute Gasteiger partial charge is 0.396 e. The summed E-state index contributed by atoms with van der Waals surface area (Å²) in [5.74, 6) is 0.199. The van der Waals surface area contributed by atoms with E-state index in [1.54, 1.807) is 16.2 Å². The van der Waals surface area contributed by atoms with Gasteiger partial charge in [-0.2, -0.15) is 0 Å². The second-order valence-electron chi connectivity index (χ2n) is 5.94. The summed E-state index contributed by atoms with van der Waals surface area (Å²) in [7, 11) is 0. The molecule has 0 spiro atoms. The third-order valence-electron chi connectivity index (χ3n) is 4.07. The van der Waals surface area contributed by atoms with E-state index in [9.17, 15) is 9.90 Å². The van der Waals surface area contributed by atoms with Crippen LogP contribution in [0.1, 0.15) is 18.5 Å². The topological polar surface area (TPSA) is 65.5 Å². The molecule has 1 saturated heterocycles. The molecule has 2 amide bonds. The zero-order chi connectivity index (χ0) is 16.2. The average molecular weight is 331 g/mol. The Morgan fingerprint density at radius 1 is 1.43 bits per heavy atom. The number of carbonyl (C=O) groups excluding carboxylic acids is 1. The molecule has 0 saturated carbocycles. The monoisotopic (exact) mass is 331 g/mol. The Morgan fingerprint density at radius 3 is 2.87 bits per heavy atom. The number of amides is 2. The molecule has 3 rings (SSSR count). The predicted octanol–water partition coefficient (Wildman–Crippen LogP) is 3.35. The zero-order valence-corrected chi connectivity index (χ0v) is 14.0. The Bertz CT molecular complexity index is 669.